The minimum absolute atomic E-state index is 0.732. The molecule has 116 valence electrons. The van der Waals surface area contributed by atoms with Gasteiger partial charge in [0.25, 0.3) is 0 Å². The maximum absolute atomic E-state index is 11.4. The Labute approximate surface area is 139 Å². The van der Waals surface area contributed by atoms with Crippen molar-refractivity contribution in [1.82, 2.24) is 4.98 Å². The summed E-state index contributed by atoms with van der Waals surface area (Å²) in [4.78, 5) is 15.8. The second-order valence-electron chi connectivity index (χ2n) is 5.84. The van der Waals surface area contributed by atoms with E-state index in [1.54, 1.807) is 20.0 Å². The predicted octanol–water partition coefficient (Wildman–Crippen LogP) is 4.86. The monoisotopic (exact) mass is 323 g/mol. The maximum atomic E-state index is 11.4. The summed E-state index contributed by atoms with van der Waals surface area (Å²) in [7, 11) is 0. The van der Waals surface area contributed by atoms with Gasteiger partial charge in [0.05, 0.1) is 0 Å². The summed E-state index contributed by atoms with van der Waals surface area (Å²) in [5, 5.41) is 12.4. The number of rotatable bonds is 4. The summed E-state index contributed by atoms with van der Waals surface area (Å²) in [5.41, 5.74) is 2.00. The van der Waals surface area contributed by atoms with Crippen LogP contribution < -0.4 is 0 Å². The fraction of sp³-hybridized carbons (Fsp3) is 0.158. The fourth-order valence-electron chi connectivity index (χ4n) is 2.33. The number of pyridine rings is 1. The number of aromatic nitrogens is 1. The molecule has 0 amide bonds. The number of carboxylic acids is 1. The summed E-state index contributed by atoms with van der Waals surface area (Å²) in [6, 6.07) is 18.3. The van der Waals surface area contributed by atoms with E-state index in [-0.39, 0.29) is 0 Å². The molecule has 0 unspecified atom stereocenters. The SMILES string of the molecule is CC(C)(Sc1ncccc1-c1ccc2ccccc2c1)C(=O)O. The van der Waals surface area contributed by atoms with Gasteiger partial charge in [0.1, 0.15) is 9.77 Å². The molecule has 0 atom stereocenters. The summed E-state index contributed by atoms with van der Waals surface area (Å²) in [5.74, 6) is -0.849. The normalized spacial score (nSPS) is 11.6. The Balaban J connectivity index is 2.07. The molecule has 0 aliphatic heterocycles. The molecule has 0 aliphatic rings. The Morgan fingerprint density at radius 1 is 1.04 bits per heavy atom. The van der Waals surface area contributed by atoms with Crippen molar-refractivity contribution in [2.45, 2.75) is 23.6 Å². The smallest absolute Gasteiger partial charge is 0.319 e. The van der Waals surface area contributed by atoms with Crippen LogP contribution in [-0.4, -0.2) is 20.8 Å². The Kier molecular flexibility index (Phi) is 4.09. The van der Waals surface area contributed by atoms with Crippen LogP contribution in [0, 0.1) is 0 Å². The molecule has 0 spiro atoms. The van der Waals surface area contributed by atoms with Crippen LogP contribution in [0.4, 0.5) is 0 Å². The van der Waals surface area contributed by atoms with Gasteiger partial charge in [-0.1, -0.05) is 54.2 Å². The Morgan fingerprint density at radius 3 is 2.52 bits per heavy atom. The lowest BCUT2D eigenvalue weighted by molar-refractivity contribution is -0.138. The molecule has 3 rings (SSSR count). The van der Waals surface area contributed by atoms with Crippen LogP contribution in [-0.2, 0) is 4.79 Å². The Hall–Kier alpha value is -2.33. The molecule has 1 N–H and O–H groups in total. The molecule has 23 heavy (non-hydrogen) atoms. The van der Waals surface area contributed by atoms with Crippen molar-refractivity contribution < 1.29 is 9.90 Å². The van der Waals surface area contributed by atoms with E-state index in [0.717, 1.165) is 21.5 Å². The number of fused-ring (bicyclic) bond motifs is 1. The van der Waals surface area contributed by atoms with Gasteiger partial charge in [-0.05, 0) is 42.3 Å². The van der Waals surface area contributed by atoms with Crippen molar-refractivity contribution in [3.63, 3.8) is 0 Å². The highest BCUT2D eigenvalue weighted by atomic mass is 32.2. The molecule has 0 radical (unpaired) electrons. The van der Waals surface area contributed by atoms with Gasteiger partial charge in [-0.2, -0.15) is 0 Å². The first kappa shape index (κ1) is 15.6. The van der Waals surface area contributed by atoms with E-state index in [4.69, 9.17) is 0 Å². The lowest BCUT2D eigenvalue weighted by atomic mass is 10.0. The molecule has 4 heteroatoms. The van der Waals surface area contributed by atoms with Gasteiger partial charge in [-0.25, -0.2) is 4.98 Å². The zero-order chi connectivity index (χ0) is 16.4. The minimum Gasteiger partial charge on any atom is -0.480 e. The molecule has 1 aromatic heterocycles. The van der Waals surface area contributed by atoms with Crippen molar-refractivity contribution in [2.75, 3.05) is 0 Å². The van der Waals surface area contributed by atoms with Gasteiger partial charge in [0.15, 0.2) is 0 Å². The highest BCUT2D eigenvalue weighted by molar-refractivity contribution is 8.01. The van der Waals surface area contributed by atoms with E-state index >= 15 is 0 Å². The first-order chi connectivity index (χ1) is 11.0. The molecule has 1 heterocycles. The van der Waals surface area contributed by atoms with Crippen LogP contribution in [0.1, 0.15) is 13.8 Å². The summed E-state index contributed by atoms with van der Waals surface area (Å²) < 4.78 is -0.931. The van der Waals surface area contributed by atoms with Gasteiger partial charge in [-0.3, -0.25) is 4.79 Å². The van der Waals surface area contributed by atoms with E-state index in [2.05, 4.69) is 35.3 Å². The first-order valence-electron chi connectivity index (χ1n) is 7.34. The van der Waals surface area contributed by atoms with Gasteiger partial charge >= 0.3 is 5.97 Å². The van der Waals surface area contributed by atoms with Crippen molar-refractivity contribution in [3.05, 3.63) is 60.8 Å². The van der Waals surface area contributed by atoms with Crippen LogP contribution in [0.25, 0.3) is 21.9 Å². The summed E-state index contributed by atoms with van der Waals surface area (Å²) in [6.07, 6.45) is 1.70. The van der Waals surface area contributed by atoms with Crippen molar-refractivity contribution in [2.24, 2.45) is 0 Å². The molecular formula is C19H17NO2S. The molecule has 0 saturated heterocycles. The lowest BCUT2D eigenvalue weighted by Gasteiger charge is -2.19. The van der Waals surface area contributed by atoms with Gasteiger partial charge in [-0.15, -0.1) is 0 Å². The van der Waals surface area contributed by atoms with E-state index in [1.807, 2.05) is 24.3 Å². The van der Waals surface area contributed by atoms with Gasteiger partial charge in [0.2, 0.25) is 0 Å². The standard InChI is InChI=1S/C19H17NO2S/c1-19(2,18(21)22)23-17-16(8-5-11-20-17)15-10-9-13-6-3-4-7-14(13)12-15/h3-12H,1-2H3,(H,21,22). The van der Waals surface area contributed by atoms with Gasteiger partial charge < -0.3 is 5.11 Å². The summed E-state index contributed by atoms with van der Waals surface area (Å²) in [6.45, 7) is 3.39. The Morgan fingerprint density at radius 2 is 1.78 bits per heavy atom. The fourth-order valence-corrected chi connectivity index (χ4v) is 3.31. The number of nitrogens with zero attached hydrogens (tertiary/aromatic N) is 1. The largest absolute Gasteiger partial charge is 0.480 e. The molecule has 2 aromatic carbocycles. The second-order valence-corrected chi connectivity index (χ2v) is 7.45. The number of hydrogen-bond acceptors (Lipinski definition) is 3. The second kappa shape index (κ2) is 6.05. The number of thioether (sulfide) groups is 1. The molecule has 0 aliphatic carbocycles. The topological polar surface area (TPSA) is 50.2 Å². The first-order valence-corrected chi connectivity index (χ1v) is 8.16. The molecule has 0 saturated carbocycles. The van der Waals surface area contributed by atoms with E-state index in [9.17, 15) is 9.90 Å². The van der Waals surface area contributed by atoms with E-state index in [0.29, 0.717) is 0 Å². The summed E-state index contributed by atoms with van der Waals surface area (Å²) >= 11 is 1.27. The number of benzene rings is 2. The number of aliphatic carboxylic acids is 1. The van der Waals surface area contributed by atoms with Crippen LogP contribution in [0.3, 0.4) is 0 Å². The highest BCUT2D eigenvalue weighted by Gasteiger charge is 2.30. The van der Waals surface area contributed by atoms with E-state index < -0.39 is 10.7 Å². The highest BCUT2D eigenvalue weighted by Crippen LogP contribution is 2.38. The Bertz CT molecular complexity index is 874. The van der Waals surface area contributed by atoms with Crippen molar-refractivity contribution >= 4 is 28.5 Å². The third-order valence-electron chi connectivity index (χ3n) is 3.70. The zero-order valence-electron chi connectivity index (χ0n) is 13.0. The molecule has 0 bridgehead atoms. The number of carboxylic acid groups (broad SMARTS) is 1. The van der Waals surface area contributed by atoms with Crippen LogP contribution in [0.2, 0.25) is 0 Å². The number of carbonyl (C=O) groups is 1. The molecular weight excluding hydrogens is 306 g/mol. The van der Waals surface area contributed by atoms with Crippen LogP contribution >= 0.6 is 11.8 Å². The van der Waals surface area contributed by atoms with Crippen LogP contribution in [0.5, 0.6) is 0 Å². The quantitative estimate of drug-likeness (QED) is 0.697. The molecule has 3 nitrogen and oxygen atoms in total. The predicted molar refractivity (Wildman–Crippen MR) is 94.8 cm³/mol. The molecule has 0 fully saturated rings. The van der Waals surface area contributed by atoms with Gasteiger partial charge in [0, 0.05) is 11.8 Å². The third-order valence-corrected chi connectivity index (χ3v) is 4.90. The zero-order valence-corrected chi connectivity index (χ0v) is 13.8. The van der Waals surface area contributed by atoms with E-state index in [1.165, 1.54) is 17.1 Å². The average Bonchev–Trinajstić information content (AvgIpc) is 2.54. The average molecular weight is 323 g/mol. The molecule has 3 aromatic rings. The van der Waals surface area contributed by atoms with Crippen LogP contribution in [0.15, 0.2) is 65.8 Å². The van der Waals surface area contributed by atoms with Crippen molar-refractivity contribution in [3.8, 4) is 11.1 Å². The number of hydrogen-bond donors (Lipinski definition) is 1. The lowest BCUT2D eigenvalue weighted by Crippen LogP contribution is -2.27. The third kappa shape index (κ3) is 3.22. The maximum Gasteiger partial charge on any atom is 0.319 e. The minimum atomic E-state index is -0.931. The van der Waals surface area contributed by atoms with Crippen molar-refractivity contribution in [1.29, 1.82) is 0 Å².